The average Bonchev–Trinajstić information content (AvgIpc) is 2.96. The summed E-state index contributed by atoms with van der Waals surface area (Å²) in [5.41, 5.74) is 5.71. The van der Waals surface area contributed by atoms with Crippen molar-refractivity contribution in [2.45, 2.75) is 6.54 Å². The van der Waals surface area contributed by atoms with Gasteiger partial charge in [0.15, 0.2) is 5.96 Å². The Kier molecular flexibility index (Phi) is 7.27. The second-order valence-corrected chi connectivity index (χ2v) is 3.87. The Hall–Kier alpha value is -1.95. The molecule has 3 N–H and O–H groups in total. The molecule has 0 saturated heterocycles. The predicted molar refractivity (Wildman–Crippen MR) is 84.3 cm³/mol. The summed E-state index contributed by atoms with van der Waals surface area (Å²) < 4.78 is 10.7. The molecule has 5 nitrogen and oxygen atoms in total. The molecule has 20 heavy (non-hydrogen) atoms. The fraction of sp³-hybridized carbons (Fsp3) is 0.214. The van der Waals surface area contributed by atoms with E-state index in [2.05, 4.69) is 10.3 Å². The van der Waals surface area contributed by atoms with Crippen LogP contribution in [0.5, 0.6) is 5.75 Å². The van der Waals surface area contributed by atoms with Gasteiger partial charge in [0, 0.05) is 0 Å². The van der Waals surface area contributed by atoms with Crippen LogP contribution in [-0.2, 0) is 6.54 Å². The summed E-state index contributed by atoms with van der Waals surface area (Å²) in [6.45, 7) is 1.56. The van der Waals surface area contributed by atoms with Gasteiger partial charge in [-0.1, -0.05) is 18.2 Å². The number of hydrogen-bond donors (Lipinski definition) is 2. The number of nitrogens with zero attached hydrogens (tertiary/aromatic N) is 1. The van der Waals surface area contributed by atoms with E-state index in [4.69, 9.17) is 14.9 Å². The number of benzene rings is 1. The average molecular weight is 340 g/mol. The largest absolute Gasteiger partial charge is 0.492 e. The monoisotopic (exact) mass is 339 g/mol. The SMILES string of the molecule is Br.NC(=NCc1ccco1)NCCOc1ccccc1. The third-order valence-electron chi connectivity index (χ3n) is 2.41. The molecule has 0 aliphatic carbocycles. The van der Waals surface area contributed by atoms with Gasteiger partial charge in [-0.25, -0.2) is 4.99 Å². The van der Waals surface area contributed by atoms with Crippen molar-refractivity contribution in [1.29, 1.82) is 0 Å². The van der Waals surface area contributed by atoms with E-state index in [9.17, 15) is 0 Å². The van der Waals surface area contributed by atoms with Crippen LogP contribution in [0.1, 0.15) is 5.76 Å². The molecule has 0 fully saturated rings. The normalized spacial score (nSPS) is 10.7. The standard InChI is InChI=1S/C14H17N3O2.BrH/c15-14(17-11-13-7-4-9-18-13)16-8-10-19-12-5-2-1-3-6-12;/h1-7,9H,8,10-11H2,(H3,15,16,17);1H. The molecule has 0 aliphatic heterocycles. The fourth-order valence-electron chi connectivity index (χ4n) is 1.49. The van der Waals surface area contributed by atoms with E-state index >= 15 is 0 Å². The molecule has 0 aliphatic rings. The molecule has 6 heteroatoms. The smallest absolute Gasteiger partial charge is 0.189 e. The van der Waals surface area contributed by atoms with Crippen molar-refractivity contribution in [1.82, 2.24) is 5.32 Å². The summed E-state index contributed by atoms with van der Waals surface area (Å²) in [4.78, 5) is 4.15. The summed E-state index contributed by atoms with van der Waals surface area (Å²) in [5.74, 6) is 2.01. The van der Waals surface area contributed by atoms with Crippen LogP contribution in [0.4, 0.5) is 0 Å². The molecule has 0 radical (unpaired) electrons. The fourth-order valence-corrected chi connectivity index (χ4v) is 1.49. The first-order chi connectivity index (χ1) is 9.34. The molecule has 1 aromatic carbocycles. The Morgan fingerprint density at radius 3 is 2.70 bits per heavy atom. The Morgan fingerprint density at radius 1 is 1.20 bits per heavy atom. The lowest BCUT2D eigenvalue weighted by atomic mass is 10.3. The summed E-state index contributed by atoms with van der Waals surface area (Å²) in [6, 6.07) is 13.3. The Morgan fingerprint density at radius 2 is 2.00 bits per heavy atom. The maximum atomic E-state index is 5.71. The molecule has 0 saturated carbocycles. The van der Waals surface area contributed by atoms with Crippen LogP contribution in [0.2, 0.25) is 0 Å². The van der Waals surface area contributed by atoms with Crippen LogP contribution < -0.4 is 15.8 Å². The Labute approximate surface area is 128 Å². The molecule has 108 valence electrons. The Bertz CT molecular complexity index is 500. The van der Waals surface area contributed by atoms with E-state index in [1.807, 2.05) is 42.5 Å². The van der Waals surface area contributed by atoms with Gasteiger partial charge in [-0.05, 0) is 24.3 Å². The van der Waals surface area contributed by atoms with Gasteiger partial charge in [0.2, 0.25) is 0 Å². The van der Waals surface area contributed by atoms with Crippen LogP contribution in [0, 0.1) is 0 Å². The molecular weight excluding hydrogens is 322 g/mol. The number of hydrogen-bond acceptors (Lipinski definition) is 3. The first-order valence-corrected chi connectivity index (χ1v) is 6.08. The minimum Gasteiger partial charge on any atom is -0.492 e. The van der Waals surface area contributed by atoms with E-state index in [0.717, 1.165) is 11.5 Å². The highest BCUT2D eigenvalue weighted by molar-refractivity contribution is 8.93. The van der Waals surface area contributed by atoms with Crippen molar-refractivity contribution >= 4 is 22.9 Å². The van der Waals surface area contributed by atoms with Crippen LogP contribution in [-0.4, -0.2) is 19.1 Å². The van der Waals surface area contributed by atoms with Crippen LogP contribution in [0.15, 0.2) is 58.1 Å². The summed E-state index contributed by atoms with van der Waals surface area (Å²) in [7, 11) is 0. The topological polar surface area (TPSA) is 72.8 Å². The predicted octanol–water partition coefficient (Wildman–Crippen LogP) is 2.34. The highest BCUT2D eigenvalue weighted by Gasteiger charge is 1.96. The summed E-state index contributed by atoms with van der Waals surface area (Å²) >= 11 is 0. The number of nitrogens with two attached hydrogens (primary N) is 1. The van der Waals surface area contributed by atoms with Crippen molar-refractivity contribution in [3.63, 3.8) is 0 Å². The number of nitrogens with one attached hydrogen (secondary N) is 1. The van der Waals surface area contributed by atoms with Crippen molar-refractivity contribution in [2.24, 2.45) is 10.7 Å². The summed E-state index contributed by atoms with van der Waals surface area (Å²) in [5, 5.41) is 2.98. The lowest BCUT2D eigenvalue weighted by molar-refractivity contribution is 0.322. The maximum absolute atomic E-state index is 5.71. The first kappa shape index (κ1) is 16.1. The highest BCUT2D eigenvalue weighted by Crippen LogP contribution is 2.07. The number of aliphatic imine (C=N–C) groups is 1. The van der Waals surface area contributed by atoms with Gasteiger partial charge in [-0.3, -0.25) is 0 Å². The minimum absolute atomic E-state index is 0. The van der Waals surface area contributed by atoms with E-state index < -0.39 is 0 Å². The van der Waals surface area contributed by atoms with Crippen molar-refractivity contribution in [3.8, 4) is 5.75 Å². The molecule has 0 amide bonds. The van der Waals surface area contributed by atoms with E-state index in [-0.39, 0.29) is 17.0 Å². The number of ether oxygens (including phenoxy) is 1. The zero-order valence-electron chi connectivity index (χ0n) is 11.0. The van der Waals surface area contributed by atoms with E-state index in [1.54, 1.807) is 6.26 Å². The highest BCUT2D eigenvalue weighted by atomic mass is 79.9. The second kappa shape index (κ2) is 9.03. The zero-order chi connectivity index (χ0) is 13.3. The number of rotatable bonds is 6. The van der Waals surface area contributed by atoms with Gasteiger partial charge in [0.25, 0.3) is 0 Å². The molecule has 2 rings (SSSR count). The molecule has 1 heterocycles. The third kappa shape index (κ3) is 5.79. The lowest BCUT2D eigenvalue weighted by Crippen LogP contribution is -2.34. The Balaban J connectivity index is 0.00000200. The van der Waals surface area contributed by atoms with E-state index in [1.165, 1.54) is 0 Å². The van der Waals surface area contributed by atoms with Gasteiger partial charge in [0.1, 0.15) is 24.7 Å². The van der Waals surface area contributed by atoms with Gasteiger partial charge < -0.3 is 20.2 Å². The van der Waals surface area contributed by atoms with Gasteiger partial charge in [0.05, 0.1) is 12.8 Å². The number of furan rings is 1. The molecule has 0 bridgehead atoms. The van der Waals surface area contributed by atoms with Gasteiger partial charge in [-0.2, -0.15) is 0 Å². The molecular formula is C14H18BrN3O2. The number of guanidine groups is 1. The van der Waals surface area contributed by atoms with Crippen molar-refractivity contribution < 1.29 is 9.15 Å². The van der Waals surface area contributed by atoms with Crippen LogP contribution in [0.3, 0.4) is 0 Å². The minimum atomic E-state index is 0. The molecule has 2 aromatic rings. The molecule has 0 spiro atoms. The quantitative estimate of drug-likeness (QED) is 0.481. The van der Waals surface area contributed by atoms with Crippen LogP contribution in [0.25, 0.3) is 0 Å². The van der Waals surface area contributed by atoms with E-state index in [0.29, 0.717) is 25.7 Å². The van der Waals surface area contributed by atoms with Crippen molar-refractivity contribution in [3.05, 3.63) is 54.5 Å². The number of para-hydroxylation sites is 1. The molecule has 0 atom stereocenters. The molecule has 1 aromatic heterocycles. The van der Waals surface area contributed by atoms with Crippen LogP contribution >= 0.6 is 17.0 Å². The van der Waals surface area contributed by atoms with Gasteiger partial charge >= 0.3 is 0 Å². The van der Waals surface area contributed by atoms with Gasteiger partial charge in [-0.15, -0.1) is 17.0 Å². The summed E-state index contributed by atoms with van der Waals surface area (Å²) in [6.07, 6.45) is 1.61. The lowest BCUT2D eigenvalue weighted by Gasteiger charge is -2.07. The zero-order valence-corrected chi connectivity index (χ0v) is 12.7. The third-order valence-corrected chi connectivity index (χ3v) is 2.41. The first-order valence-electron chi connectivity index (χ1n) is 6.08. The number of halogens is 1. The van der Waals surface area contributed by atoms with Crippen molar-refractivity contribution in [2.75, 3.05) is 13.2 Å². The maximum Gasteiger partial charge on any atom is 0.189 e. The molecule has 0 unspecified atom stereocenters. The second-order valence-electron chi connectivity index (χ2n) is 3.87.